The largest absolute Gasteiger partial charge is 0.458 e. The molecule has 0 saturated heterocycles. The normalized spacial score (nSPS) is 14.9. The third kappa shape index (κ3) is 5.58. The molecule has 4 N–H and O–H groups in total. The first-order valence-corrected chi connectivity index (χ1v) is 13.2. The molecule has 2 aromatic heterocycles. The summed E-state index contributed by atoms with van der Waals surface area (Å²) in [4.78, 5) is 63.5. The summed E-state index contributed by atoms with van der Waals surface area (Å²) in [6, 6.07) is 4.65. The van der Waals surface area contributed by atoms with Crippen LogP contribution < -0.4 is 21.5 Å². The number of rotatable bonds is 11. The van der Waals surface area contributed by atoms with Gasteiger partial charge in [-0.3, -0.25) is 19.2 Å². The van der Waals surface area contributed by atoms with Crippen molar-refractivity contribution in [2.24, 2.45) is 0 Å². The Balaban J connectivity index is 1.32. The fourth-order valence-corrected chi connectivity index (χ4v) is 5.12. The fraction of sp³-hybridized carbons (Fsp3) is 0.357. The number of amides is 3. The van der Waals surface area contributed by atoms with Crippen LogP contribution in [0.4, 0.5) is 4.39 Å². The second kappa shape index (κ2) is 12.0. The molecule has 0 fully saturated rings. The number of ether oxygens (including phenoxy) is 2. The summed E-state index contributed by atoms with van der Waals surface area (Å²) in [6.45, 7) is 1.31. The van der Waals surface area contributed by atoms with Gasteiger partial charge in [0.25, 0.3) is 5.56 Å². The van der Waals surface area contributed by atoms with E-state index in [-0.39, 0.29) is 56.3 Å². The van der Waals surface area contributed by atoms with E-state index in [9.17, 15) is 33.5 Å². The summed E-state index contributed by atoms with van der Waals surface area (Å²) in [5.74, 6) is -2.22. The van der Waals surface area contributed by atoms with Crippen LogP contribution in [-0.2, 0) is 48.2 Å². The number of halogens is 1. The first-order chi connectivity index (χ1) is 20.2. The molecule has 0 saturated carbocycles. The summed E-state index contributed by atoms with van der Waals surface area (Å²) in [7, 11) is 0. The topological polar surface area (TPSA) is 178 Å². The Bertz CT molecular complexity index is 1670. The van der Waals surface area contributed by atoms with Gasteiger partial charge in [-0.15, -0.1) is 0 Å². The minimum absolute atomic E-state index is 0.0870. The number of aliphatic hydroxyl groups excluding tert-OH is 1. The van der Waals surface area contributed by atoms with E-state index in [0.29, 0.717) is 41.7 Å². The SMILES string of the molecule is Cc1cc2c(CCCOCNC(=O)CNC(=O)CNC=O)c3c(nc2cc1F)-c1cc2c(c(=O)n1C3)COC(=O)[C@H]2O. The third-order valence-corrected chi connectivity index (χ3v) is 7.23. The second-order valence-corrected chi connectivity index (χ2v) is 9.93. The van der Waals surface area contributed by atoms with Crippen LogP contribution in [0.5, 0.6) is 0 Å². The fourth-order valence-electron chi connectivity index (χ4n) is 5.12. The van der Waals surface area contributed by atoms with E-state index in [4.69, 9.17) is 9.47 Å². The molecule has 0 unspecified atom stereocenters. The molecule has 2 aliphatic rings. The lowest BCUT2D eigenvalue weighted by Gasteiger charge is -2.21. The molecule has 3 amide bonds. The summed E-state index contributed by atoms with van der Waals surface area (Å²) < 4.78 is 26.6. The van der Waals surface area contributed by atoms with Gasteiger partial charge in [-0.25, -0.2) is 14.2 Å². The summed E-state index contributed by atoms with van der Waals surface area (Å²) in [5.41, 5.74) is 3.41. The van der Waals surface area contributed by atoms with Gasteiger partial charge in [0.1, 0.15) is 19.2 Å². The lowest BCUT2D eigenvalue weighted by atomic mass is 9.95. The molecular formula is C28H28FN5O8. The average molecular weight is 582 g/mol. The van der Waals surface area contributed by atoms with Crippen molar-refractivity contribution in [3.05, 3.63) is 62.2 Å². The number of fused-ring (bicyclic) bond motifs is 5. The van der Waals surface area contributed by atoms with Crippen molar-refractivity contribution in [2.75, 3.05) is 26.4 Å². The zero-order chi connectivity index (χ0) is 30.0. The van der Waals surface area contributed by atoms with Crippen molar-refractivity contribution in [3.63, 3.8) is 0 Å². The number of aromatic nitrogens is 2. The molecule has 1 atom stereocenters. The first-order valence-electron chi connectivity index (χ1n) is 13.2. The highest BCUT2D eigenvalue weighted by atomic mass is 19.1. The van der Waals surface area contributed by atoms with Crippen molar-refractivity contribution < 1.29 is 38.1 Å². The number of benzene rings is 1. The highest BCUT2D eigenvalue weighted by Gasteiger charge is 2.34. The Morgan fingerprint density at radius 1 is 1.19 bits per heavy atom. The van der Waals surface area contributed by atoms with Gasteiger partial charge in [0.05, 0.1) is 42.1 Å². The molecule has 0 spiro atoms. The van der Waals surface area contributed by atoms with Crippen molar-refractivity contribution in [2.45, 2.75) is 39.0 Å². The summed E-state index contributed by atoms with van der Waals surface area (Å²) >= 11 is 0. The standard InChI is InChI=1S/C28H28FN5O8/c1-14-5-16-15(3-2-4-41-13-32-24(37)9-31-23(36)8-30-12-35)18-10-34-22(25(18)33-21(16)7-20(14)29)6-17-19(27(34)39)11-42-28(40)26(17)38/h5-7,12,26,38H,2-4,8-11,13H2,1H3,(H,30,35)(H,31,36)(H,32,37)/t26-/m0/s1. The number of aliphatic hydroxyl groups is 1. The minimum Gasteiger partial charge on any atom is -0.458 e. The first kappa shape index (κ1) is 28.8. The molecule has 4 heterocycles. The Hall–Kier alpha value is -4.69. The van der Waals surface area contributed by atoms with Gasteiger partial charge in [0.15, 0.2) is 6.10 Å². The van der Waals surface area contributed by atoms with Gasteiger partial charge in [0.2, 0.25) is 18.2 Å². The van der Waals surface area contributed by atoms with Gasteiger partial charge >= 0.3 is 5.97 Å². The summed E-state index contributed by atoms with van der Waals surface area (Å²) in [5, 5.41) is 18.2. The molecule has 0 radical (unpaired) electrons. The zero-order valence-corrected chi connectivity index (χ0v) is 22.6. The number of esters is 1. The molecule has 5 rings (SSSR count). The van der Waals surface area contributed by atoms with E-state index >= 15 is 0 Å². The van der Waals surface area contributed by atoms with Crippen LogP contribution >= 0.6 is 0 Å². The summed E-state index contributed by atoms with van der Waals surface area (Å²) in [6.07, 6.45) is -0.183. The maximum atomic E-state index is 14.5. The quantitative estimate of drug-likeness (QED) is 0.0811. The number of hydrogen-bond donors (Lipinski definition) is 4. The number of cyclic esters (lactones) is 1. The molecule has 2 aliphatic heterocycles. The van der Waals surface area contributed by atoms with Crippen LogP contribution in [-0.4, -0.2) is 65.3 Å². The zero-order valence-electron chi connectivity index (χ0n) is 22.6. The Morgan fingerprint density at radius 3 is 2.76 bits per heavy atom. The van der Waals surface area contributed by atoms with Crippen molar-refractivity contribution >= 4 is 35.1 Å². The highest BCUT2D eigenvalue weighted by molar-refractivity contribution is 5.89. The molecule has 0 aliphatic carbocycles. The Labute approximate surface area is 238 Å². The van der Waals surface area contributed by atoms with Gasteiger partial charge in [-0.05, 0) is 43.0 Å². The molecule has 220 valence electrons. The maximum absolute atomic E-state index is 14.5. The van der Waals surface area contributed by atoms with Gasteiger partial charge in [0, 0.05) is 29.2 Å². The average Bonchev–Trinajstić information content (AvgIpc) is 3.33. The molecular weight excluding hydrogens is 553 g/mol. The van der Waals surface area contributed by atoms with Crippen LogP contribution in [0.2, 0.25) is 0 Å². The number of carbonyl (C=O) groups is 4. The number of pyridine rings is 2. The highest BCUT2D eigenvalue weighted by Crippen LogP contribution is 2.38. The second-order valence-electron chi connectivity index (χ2n) is 9.93. The smallest absolute Gasteiger partial charge is 0.340 e. The number of hydrogen-bond acceptors (Lipinski definition) is 9. The number of carbonyl (C=O) groups excluding carboxylic acids is 4. The van der Waals surface area contributed by atoms with Gasteiger partial charge in [-0.2, -0.15) is 0 Å². The Kier molecular flexibility index (Phi) is 8.27. The van der Waals surface area contributed by atoms with Crippen LogP contribution in [0.3, 0.4) is 0 Å². The molecule has 13 nitrogen and oxygen atoms in total. The molecule has 3 aromatic rings. The van der Waals surface area contributed by atoms with E-state index in [2.05, 4.69) is 20.9 Å². The van der Waals surface area contributed by atoms with Crippen molar-refractivity contribution in [1.82, 2.24) is 25.5 Å². The predicted molar refractivity (Wildman–Crippen MR) is 144 cm³/mol. The molecule has 42 heavy (non-hydrogen) atoms. The van der Waals surface area contributed by atoms with Crippen LogP contribution in [0.25, 0.3) is 22.3 Å². The lowest BCUT2D eigenvalue weighted by Crippen LogP contribution is -2.41. The van der Waals surface area contributed by atoms with Crippen LogP contribution in [0, 0.1) is 12.7 Å². The lowest BCUT2D eigenvalue weighted by molar-refractivity contribution is -0.157. The van der Waals surface area contributed by atoms with Crippen LogP contribution in [0.15, 0.2) is 23.0 Å². The monoisotopic (exact) mass is 581 g/mol. The third-order valence-electron chi connectivity index (χ3n) is 7.23. The maximum Gasteiger partial charge on any atom is 0.340 e. The van der Waals surface area contributed by atoms with Gasteiger partial charge in [-0.1, -0.05) is 0 Å². The number of aryl methyl sites for hydroxylation is 2. The minimum atomic E-state index is -1.58. The Morgan fingerprint density at radius 2 is 1.98 bits per heavy atom. The molecule has 0 bridgehead atoms. The van der Waals surface area contributed by atoms with E-state index in [1.165, 1.54) is 10.6 Å². The molecule has 1 aromatic carbocycles. The van der Waals surface area contributed by atoms with Crippen LogP contribution in [0.1, 0.15) is 40.3 Å². The number of nitrogens with zero attached hydrogens (tertiary/aromatic N) is 2. The van der Waals surface area contributed by atoms with E-state index in [0.717, 1.165) is 16.5 Å². The number of nitrogens with one attached hydrogen (secondary N) is 3. The predicted octanol–water partition coefficient (Wildman–Crippen LogP) is -0.152. The van der Waals surface area contributed by atoms with E-state index in [1.807, 2.05) is 0 Å². The van der Waals surface area contributed by atoms with Crippen molar-refractivity contribution in [1.29, 1.82) is 0 Å². The van der Waals surface area contributed by atoms with E-state index < -0.39 is 29.7 Å². The van der Waals surface area contributed by atoms with Crippen molar-refractivity contribution in [3.8, 4) is 11.4 Å². The van der Waals surface area contributed by atoms with E-state index in [1.54, 1.807) is 19.1 Å². The molecule has 14 heteroatoms. The van der Waals surface area contributed by atoms with Gasteiger partial charge < -0.3 is 35.1 Å².